The number of rotatable bonds is 5. The molecule has 1 heteroatoms. The van der Waals surface area contributed by atoms with Crippen molar-refractivity contribution < 1.29 is 4.74 Å². The summed E-state index contributed by atoms with van der Waals surface area (Å²) in [4.78, 5) is 0. The van der Waals surface area contributed by atoms with Crippen LogP contribution in [0.25, 0.3) is 0 Å². The van der Waals surface area contributed by atoms with Gasteiger partial charge >= 0.3 is 0 Å². The Morgan fingerprint density at radius 2 is 1.86 bits per heavy atom. The van der Waals surface area contributed by atoms with E-state index in [1.54, 1.807) is 0 Å². The number of hydrogen-bond donors (Lipinski definition) is 0. The van der Waals surface area contributed by atoms with Crippen LogP contribution < -0.4 is 0 Å². The lowest BCUT2D eigenvalue weighted by molar-refractivity contribution is -0.161. The van der Waals surface area contributed by atoms with Gasteiger partial charge in [0.2, 0.25) is 0 Å². The first-order valence-corrected chi connectivity index (χ1v) is 12.9. The van der Waals surface area contributed by atoms with Crippen LogP contribution >= 0.6 is 0 Å². The first-order chi connectivity index (χ1) is 13.8. The van der Waals surface area contributed by atoms with Crippen molar-refractivity contribution in [3.63, 3.8) is 0 Å². The minimum absolute atomic E-state index is 0.553. The molecule has 0 aliphatic heterocycles. The maximum atomic E-state index is 6.29. The van der Waals surface area contributed by atoms with Crippen LogP contribution in [0.4, 0.5) is 0 Å². The molecule has 164 valence electrons. The molecule has 0 aromatic carbocycles. The zero-order valence-corrected chi connectivity index (χ0v) is 20.1. The summed E-state index contributed by atoms with van der Waals surface area (Å²) >= 11 is 0. The molecule has 0 bridgehead atoms. The normalized spacial score (nSPS) is 53.4. The lowest BCUT2D eigenvalue weighted by Crippen LogP contribution is -2.57. The largest absolute Gasteiger partial charge is 0.381 e. The standard InChI is InChI=1S/C28H46O/c1-18(2)8-7-9-19(3)22-10-11-23-21-16-25(29-6)28-17-20(28)12-15-27(28,5)24(21)13-14-26(22,23)4/h8,19-25H,7,9-17H2,1-6H3/t19-,20+,21+,22-,23+,24+,25-,26-,27-,28+/m1/s1. The summed E-state index contributed by atoms with van der Waals surface area (Å²) in [7, 11) is 2.03. The van der Waals surface area contributed by atoms with Gasteiger partial charge in [0, 0.05) is 12.5 Å². The van der Waals surface area contributed by atoms with E-state index in [0.717, 1.165) is 35.5 Å². The predicted molar refractivity (Wildman–Crippen MR) is 122 cm³/mol. The molecule has 10 atom stereocenters. The molecule has 0 unspecified atom stereocenters. The SMILES string of the molecule is CO[C@@H]1C[C@H]2[C@@H]3CC[C@H]([C@H](C)CCC=C(C)C)[C@@]3(C)CC[C@@H]2[C@@]2(C)CC[C@H]3C[C@]312. The van der Waals surface area contributed by atoms with Gasteiger partial charge < -0.3 is 4.74 Å². The van der Waals surface area contributed by atoms with E-state index in [1.807, 2.05) is 7.11 Å². The summed E-state index contributed by atoms with van der Waals surface area (Å²) in [5.74, 6) is 5.70. The summed E-state index contributed by atoms with van der Waals surface area (Å²) in [6.45, 7) is 12.5. The molecular formula is C28H46O. The molecule has 5 aliphatic carbocycles. The molecule has 5 aliphatic rings. The van der Waals surface area contributed by atoms with Gasteiger partial charge in [0.05, 0.1) is 6.10 Å². The molecular weight excluding hydrogens is 352 g/mol. The van der Waals surface area contributed by atoms with Crippen molar-refractivity contribution in [1.82, 2.24) is 0 Å². The van der Waals surface area contributed by atoms with Crippen molar-refractivity contribution in [2.45, 2.75) is 105 Å². The Hall–Kier alpha value is -0.300. The van der Waals surface area contributed by atoms with E-state index in [1.165, 1.54) is 69.8 Å². The number of ether oxygens (including phenoxy) is 1. The quantitative estimate of drug-likeness (QED) is 0.432. The molecule has 0 N–H and O–H groups in total. The summed E-state index contributed by atoms with van der Waals surface area (Å²) in [6, 6.07) is 0. The van der Waals surface area contributed by atoms with E-state index in [-0.39, 0.29) is 0 Å². The molecule has 0 radical (unpaired) electrons. The highest BCUT2D eigenvalue weighted by Crippen LogP contribution is 2.82. The van der Waals surface area contributed by atoms with Crippen LogP contribution in [0, 0.1) is 51.8 Å². The second kappa shape index (κ2) is 6.85. The minimum Gasteiger partial charge on any atom is -0.381 e. The van der Waals surface area contributed by atoms with Crippen molar-refractivity contribution >= 4 is 0 Å². The van der Waals surface area contributed by atoms with Crippen LogP contribution in [0.2, 0.25) is 0 Å². The highest BCUT2D eigenvalue weighted by molar-refractivity contribution is 5.26. The Morgan fingerprint density at radius 1 is 1.07 bits per heavy atom. The van der Waals surface area contributed by atoms with Crippen molar-refractivity contribution in [2.75, 3.05) is 7.11 Å². The van der Waals surface area contributed by atoms with Crippen molar-refractivity contribution in [3.8, 4) is 0 Å². The Morgan fingerprint density at radius 3 is 2.55 bits per heavy atom. The first-order valence-electron chi connectivity index (χ1n) is 12.9. The molecule has 1 nitrogen and oxygen atoms in total. The molecule has 5 saturated carbocycles. The average Bonchev–Trinajstić information content (AvgIpc) is 3.18. The van der Waals surface area contributed by atoms with Crippen LogP contribution in [0.1, 0.15) is 98.8 Å². The van der Waals surface area contributed by atoms with E-state index >= 15 is 0 Å². The molecule has 5 rings (SSSR count). The van der Waals surface area contributed by atoms with Gasteiger partial charge in [0.25, 0.3) is 0 Å². The fourth-order valence-corrected chi connectivity index (χ4v) is 10.4. The zero-order valence-electron chi connectivity index (χ0n) is 20.1. The predicted octanol–water partition coefficient (Wildman–Crippen LogP) is 7.65. The van der Waals surface area contributed by atoms with E-state index in [2.05, 4.69) is 40.7 Å². The highest BCUT2D eigenvalue weighted by Gasteiger charge is 2.77. The Labute approximate surface area is 180 Å². The van der Waals surface area contributed by atoms with Crippen molar-refractivity contribution in [3.05, 3.63) is 11.6 Å². The second-order valence-electron chi connectivity index (χ2n) is 12.8. The molecule has 0 aromatic rings. The molecule has 0 saturated heterocycles. The van der Waals surface area contributed by atoms with Gasteiger partial charge in [0.15, 0.2) is 0 Å². The minimum atomic E-state index is 0.553. The average molecular weight is 399 g/mol. The third kappa shape index (κ3) is 2.68. The molecule has 5 fully saturated rings. The highest BCUT2D eigenvalue weighted by atomic mass is 16.5. The fourth-order valence-electron chi connectivity index (χ4n) is 10.4. The van der Waals surface area contributed by atoms with Gasteiger partial charge in [-0.3, -0.25) is 0 Å². The molecule has 29 heavy (non-hydrogen) atoms. The maximum absolute atomic E-state index is 6.29. The summed E-state index contributed by atoms with van der Waals surface area (Å²) < 4.78 is 6.29. The fraction of sp³-hybridized carbons (Fsp3) is 0.929. The molecule has 0 heterocycles. The first kappa shape index (κ1) is 20.6. The number of hydrogen-bond acceptors (Lipinski definition) is 1. The van der Waals surface area contributed by atoms with E-state index in [0.29, 0.717) is 22.3 Å². The third-order valence-electron chi connectivity index (χ3n) is 11.8. The molecule has 0 aromatic heterocycles. The summed E-state index contributed by atoms with van der Waals surface area (Å²) in [5, 5.41) is 0. The smallest absolute Gasteiger partial charge is 0.0638 e. The number of fused-ring (bicyclic) bond motifs is 4. The number of methoxy groups -OCH3 is 1. The van der Waals surface area contributed by atoms with Gasteiger partial charge in [-0.05, 0) is 124 Å². The lowest BCUT2D eigenvalue weighted by atomic mass is 9.45. The van der Waals surface area contributed by atoms with Gasteiger partial charge in [-0.25, -0.2) is 0 Å². The van der Waals surface area contributed by atoms with Gasteiger partial charge in [-0.2, -0.15) is 0 Å². The van der Waals surface area contributed by atoms with Crippen molar-refractivity contribution in [1.29, 1.82) is 0 Å². The summed E-state index contributed by atoms with van der Waals surface area (Å²) in [5.41, 5.74) is 3.23. The van der Waals surface area contributed by atoms with Crippen LogP contribution in [0.5, 0.6) is 0 Å². The van der Waals surface area contributed by atoms with Crippen LogP contribution in [0.3, 0.4) is 0 Å². The van der Waals surface area contributed by atoms with E-state index in [9.17, 15) is 0 Å². The van der Waals surface area contributed by atoms with Crippen LogP contribution in [-0.4, -0.2) is 13.2 Å². The molecule has 0 amide bonds. The second-order valence-corrected chi connectivity index (χ2v) is 12.8. The molecule has 1 spiro atoms. The topological polar surface area (TPSA) is 9.23 Å². The van der Waals surface area contributed by atoms with Gasteiger partial charge in [0.1, 0.15) is 0 Å². The van der Waals surface area contributed by atoms with E-state index in [4.69, 9.17) is 4.74 Å². The van der Waals surface area contributed by atoms with Crippen molar-refractivity contribution in [2.24, 2.45) is 51.8 Å². The number of allylic oxidation sites excluding steroid dienone is 2. The maximum Gasteiger partial charge on any atom is 0.0638 e. The van der Waals surface area contributed by atoms with Crippen LogP contribution in [-0.2, 0) is 4.74 Å². The third-order valence-corrected chi connectivity index (χ3v) is 11.8. The Balaban J connectivity index is 1.37. The zero-order chi connectivity index (χ0) is 20.6. The lowest BCUT2D eigenvalue weighted by Gasteiger charge is -2.61. The monoisotopic (exact) mass is 398 g/mol. The Bertz CT molecular complexity index is 676. The summed E-state index contributed by atoms with van der Waals surface area (Å²) in [6.07, 6.45) is 17.5. The van der Waals surface area contributed by atoms with Gasteiger partial charge in [-0.15, -0.1) is 0 Å². The Kier molecular flexibility index (Phi) is 4.86. The van der Waals surface area contributed by atoms with Crippen LogP contribution in [0.15, 0.2) is 11.6 Å². The van der Waals surface area contributed by atoms with Gasteiger partial charge in [-0.1, -0.05) is 32.4 Å². The van der Waals surface area contributed by atoms with E-state index < -0.39 is 0 Å².